The third-order valence-corrected chi connectivity index (χ3v) is 5.57. The monoisotopic (exact) mass is 325 g/mol. The zero-order valence-corrected chi connectivity index (χ0v) is 13.5. The van der Waals surface area contributed by atoms with Gasteiger partial charge in [-0.25, -0.2) is 0 Å². The smallest absolute Gasteiger partial charge is 0.0695 e. The first-order valence-corrected chi connectivity index (χ1v) is 8.44. The second-order valence-electron chi connectivity index (χ2n) is 6.12. The van der Waals surface area contributed by atoms with Crippen molar-refractivity contribution in [2.24, 2.45) is 24.8 Å². The van der Waals surface area contributed by atoms with E-state index in [1.54, 1.807) is 0 Å². The van der Waals surface area contributed by atoms with Crippen molar-refractivity contribution in [3.05, 3.63) is 16.4 Å². The van der Waals surface area contributed by atoms with Crippen LogP contribution in [0.1, 0.15) is 50.8 Å². The van der Waals surface area contributed by atoms with Gasteiger partial charge in [-0.15, -0.1) is 0 Å². The molecule has 1 heterocycles. The van der Waals surface area contributed by atoms with E-state index in [9.17, 15) is 0 Å². The van der Waals surface area contributed by atoms with Crippen LogP contribution < -0.4 is 5.32 Å². The topological polar surface area (TPSA) is 29.9 Å². The normalized spacial score (nSPS) is 31.0. The van der Waals surface area contributed by atoms with Gasteiger partial charge in [0.1, 0.15) is 0 Å². The average molecular weight is 326 g/mol. The van der Waals surface area contributed by atoms with Crippen LogP contribution in [0.25, 0.3) is 0 Å². The molecule has 2 aliphatic rings. The summed E-state index contributed by atoms with van der Waals surface area (Å²) in [5.74, 6) is 2.76. The number of hydrogen-bond donors (Lipinski definition) is 1. The molecular formula is C15H24BrN3. The van der Waals surface area contributed by atoms with Crippen molar-refractivity contribution in [1.29, 1.82) is 0 Å². The molecular weight excluding hydrogens is 302 g/mol. The van der Waals surface area contributed by atoms with Crippen molar-refractivity contribution < 1.29 is 0 Å². The summed E-state index contributed by atoms with van der Waals surface area (Å²) >= 11 is 3.68. The van der Waals surface area contributed by atoms with Gasteiger partial charge in [0.15, 0.2) is 0 Å². The highest BCUT2D eigenvalue weighted by atomic mass is 79.9. The molecule has 0 radical (unpaired) electrons. The number of nitrogens with one attached hydrogen (secondary N) is 1. The summed E-state index contributed by atoms with van der Waals surface area (Å²) in [5, 5.41) is 8.18. The number of fused-ring (bicyclic) bond motifs is 1. The van der Waals surface area contributed by atoms with E-state index < -0.39 is 0 Å². The Morgan fingerprint density at radius 3 is 2.63 bits per heavy atom. The Balaban J connectivity index is 1.82. The minimum atomic E-state index is 0.481. The Hall–Kier alpha value is -0.350. The summed E-state index contributed by atoms with van der Waals surface area (Å²) in [6.07, 6.45) is 8.87. The zero-order valence-electron chi connectivity index (χ0n) is 11.9. The number of rotatable bonds is 5. The molecule has 2 aliphatic carbocycles. The molecule has 1 aromatic heterocycles. The number of aromatic nitrogens is 2. The van der Waals surface area contributed by atoms with Crippen LogP contribution in [0.4, 0.5) is 0 Å². The number of aryl methyl sites for hydroxylation is 1. The van der Waals surface area contributed by atoms with Gasteiger partial charge in [0.2, 0.25) is 0 Å². The first-order valence-electron chi connectivity index (χ1n) is 7.64. The molecule has 2 saturated carbocycles. The molecule has 3 unspecified atom stereocenters. The van der Waals surface area contributed by atoms with Crippen molar-refractivity contribution in [1.82, 2.24) is 15.1 Å². The predicted molar refractivity (Wildman–Crippen MR) is 80.9 cm³/mol. The van der Waals surface area contributed by atoms with Gasteiger partial charge in [-0.1, -0.05) is 19.8 Å². The maximum atomic E-state index is 4.40. The summed E-state index contributed by atoms with van der Waals surface area (Å²) in [4.78, 5) is 0. The molecule has 0 aromatic carbocycles. The minimum Gasteiger partial charge on any atom is -0.308 e. The Kier molecular flexibility index (Phi) is 3.99. The molecule has 4 heteroatoms. The van der Waals surface area contributed by atoms with Crippen LogP contribution in [0.5, 0.6) is 0 Å². The first kappa shape index (κ1) is 13.6. The van der Waals surface area contributed by atoms with E-state index in [-0.39, 0.29) is 0 Å². The number of nitrogens with zero attached hydrogens (tertiary/aromatic N) is 2. The third kappa shape index (κ3) is 2.49. The Bertz CT molecular complexity index is 411. The minimum absolute atomic E-state index is 0.481. The molecule has 3 rings (SSSR count). The quantitative estimate of drug-likeness (QED) is 0.895. The van der Waals surface area contributed by atoms with Crippen molar-refractivity contribution in [2.75, 3.05) is 6.54 Å². The van der Waals surface area contributed by atoms with Crippen LogP contribution >= 0.6 is 15.9 Å². The van der Waals surface area contributed by atoms with Crippen LogP contribution in [0, 0.1) is 17.8 Å². The summed E-state index contributed by atoms with van der Waals surface area (Å²) < 4.78 is 3.20. The van der Waals surface area contributed by atoms with E-state index in [4.69, 9.17) is 0 Å². The summed E-state index contributed by atoms with van der Waals surface area (Å²) in [5.41, 5.74) is 1.34. The SMILES string of the molecule is CCCNC(c1c(Br)cnn1C)C1C2CCCCC21. The highest BCUT2D eigenvalue weighted by Crippen LogP contribution is 2.60. The maximum absolute atomic E-state index is 4.40. The van der Waals surface area contributed by atoms with Gasteiger partial charge in [0, 0.05) is 7.05 Å². The highest BCUT2D eigenvalue weighted by Gasteiger charge is 2.55. The lowest BCUT2D eigenvalue weighted by molar-refractivity contribution is 0.419. The van der Waals surface area contributed by atoms with E-state index in [0.717, 1.165) is 28.8 Å². The molecule has 1 aromatic rings. The van der Waals surface area contributed by atoms with Gasteiger partial charge < -0.3 is 5.32 Å². The van der Waals surface area contributed by atoms with Gasteiger partial charge >= 0.3 is 0 Å². The Morgan fingerprint density at radius 1 is 1.42 bits per heavy atom. The number of halogens is 1. The largest absolute Gasteiger partial charge is 0.308 e. The fourth-order valence-corrected chi connectivity index (χ4v) is 4.62. The van der Waals surface area contributed by atoms with Gasteiger partial charge in [0.05, 0.1) is 22.4 Å². The summed E-state index contributed by atoms with van der Waals surface area (Å²) in [7, 11) is 2.06. The van der Waals surface area contributed by atoms with E-state index in [1.165, 1.54) is 37.8 Å². The van der Waals surface area contributed by atoms with E-state index >= 15 is 0 Å². The highest BCUT2D eigenvalue weighted by molar-refractivity contribution is 9.10. The molecule has 0 bridgehead atoms. The second kappa shape index (κ2) is 5.57. The Labute approximate surface area is 124 Å². The molecule has 19 heavy (non-hydrogen) atoms. The lowest BCUT2D eigenvalue weighted by Crippen LogP contribution is -2.27. The molecule has 2 fully saturated rings. The van der Waals surface area contributed by atoms with Gasteiger partial charge in [-0.2, -0.15) is 5.10 Å². The van der Waals surface area contributed by atoms with Gasteiger partial charge in [-0.05, 0) is 59.5 Å². The van der Waals surface area contributed by atoms with Crippen LogP contribution in [0.2, 0.25) is 0 Å². The van der Waals surface area contributed by atoms with E-state index in [1.807, 2.05) is 10.9 Å². The van der Waals surface area contributed by atoms with Gasteiger partial charge in [-0.3, -0.25) is 4.68 Å². The second-order valence-corrected chi connectivity index (χ2v) is 6.98. The predicted octanol–water partition coefficient (Wildman–Crippen LogP) is 3.66. The molecule has 3 atom stereocenters. The molecule has 106 valence electrons. The molecule has 0 saturated heterocycles. The van der Waals surface area contributed by atoms with E-state index in [0.29, 0.717) is 6.04 Å². The van der Waals surface area contributed by atoms with Crippen LogP contribution in [0.15, 0.2) is 10.7 Å². The van der Waals surface area contributed by atoms with Crippen molar-refractivity contribution in [2.45, 2.75) is 45.1 Å². The molecule has 1 N–H and O–H groups in total. The average Bonchev–Trinajstić information content (AvgIpc) is 3.05. The molecule has 0 aliphatic heterocycles. The lowest BCUT2D eigenvalue weighted by atomic mass is 10.0. The standard InChI is InChI=1S/C15H24BrN3/c1-3-8-17-14(15-12(16)9-18-19(15)2)13-10-6-4-5-7-11(10)13/h9-11,13-14,17H,3-8H2,1-2H3. The van der Waals surface area contributed by atoms with Crippen molar-refractivity contribution in [3.8, 4) is 0 Å². The fraction of sp³-hybridized carbons (Fsp3) is 0.800. The fourth-order valence-electron chi connectivity index (χ4n) is 4.03. The summed E-state index contributed by atoms with van der Waals surface area (Å²) in [6.45, 7) is 3.33. The number of hydrogen-bond acceptors (Lipinski definition) is 2. The summed E-state index contributed by atoms with van der Waals surface area (Å²) in [6, 6.07) is 0.481. The van der Waals surface area contributed by atoms with Crippen LogP contribution in [-0.4, -0.2) is 16.3 Å². The van der Waals surface area contributed by atoms with E-state index in [2.05, 4.69) is 40.3 Å². The lowest BCUT2D eigenvalue weighted by Gasteiger charge is -2.20. The molecule has 0 spiro atoms. The van der Waals surface area contributed by atoms with Crippen LogP contribution in [-0.2, 0) is 7.05 Å². The zero-order chi connectivity index (χ0) is 13.4. The van der Waals surface area contributed by atoms with Crippen molar-refractivity contribution in [3.63, 3.8) is 0 Å². The maximum Gasteiger partial charge on any atom is 0.0695 e. The molecule has 3 nitrogen and oxygen atoms in total. The third-order valence-electron chi connectivity index (χ3n) is 4.95. The van der Waals surface area contributed by atoms with Crippen molar-refractivity contribution >= 4 is 15.9 Å². The Morgan fingerprint density at radius 2 is 2.11 bits per heavy atom. The van der Waals surface area contributed by atoms with Gasteiger partial charge in [0.25, 0.3) is 0 Å². The van der Waals surface area contributed by atoms with Crippen LogP contribution in [0.3, 0.4) is 0 Å². The first-order chi connectivity index (χ1) is 9.24. The molecule has 0 amide bonds.